The summed E-state index contributed by atoms with van der Waals surface area (Å²) < 4.78 is 2.93. The van der Waals surface area contributed by atoms with Crippen molar-refractivity contribution < 1.29 is 0 Å². The number of nitrogens with one attached hydrogen (secondary N) is 1. The lowest BCUT2D eigenvalue weighted by atomic mass is 9.75. The number of hydrogen-bond acceptors (Lipinski definition) is 5. The molecule has 2 aromatic heterocycles. The number of hydrogen-bond donors (Lipinski definition) is 3. The molecule has 0 amide bonds. The maximum absolute atomic E-state index is 6.23. The van der Waals surface area contributed by atoms with E-state index in [1.807, 2.05) is 10.7 Å². The van der Waals surface area contributed by atoms with Gasteiger partial charge in [-0.1, -0.05) is 12.8 Å². The summed E-state index contributed by atoms with van der Waals surface area (Å²) in [6, 6.07) is 0.722. The Kier molecular flexibility index (Phi) is 4.03. The van der Waals surface area contributed by atoms with Crippen LogP contribution in [0.5, 0.6) is 0 Å². The second kappa shape index (κ2) is 6.17. The molecule has 2 heterocycles. The van der Waals surface area contributed by atoms with Crippen LogP contribution in [0.2, 0.25) is 0 Å². The van der Waals surface area contributed by atoms with Gasteiger partial charge in [-0.05, 0) is 66.9 Å². The predicted octanol–water partition coefficient (Wildman–Crippen LogP) is 2.73. The monoisotopic (exact) mass is 418 g/mol. The first-order valence-corrected chi connectivity index (χ1v) is 10.7. The molecule has 0 aliphatic heterocycles. The van der Waals surface area contributed by atoms with Gasteiger partial charge in [-0.3, -0.25) is 0 Å². The third kappa shape index (κ3) is 2.36. The van der Waals surface area contributed by atoms with Crippen molar-refractivity contribution in [2.24, 2.45) is 17.4 Å². The smallest absolute Gasteiger partial charge is 0.171 e. The lowest BCUT2D eigenvalue weighted by Gasteiger charge is -2.30. The van der Waals surface area contributed by atoms with Crippen molar-refractivity contribution in [1.29, 1.82) is 0 Å². The molecule has 5 N–H and O–H groups in total. The molecule has 6 nitrogen and oxygen atoms in total. The Labute approximate surface area is 162 Å². The minimum absolute atomic E-state index is 0.165. The molecule has 2 saturated carbocycles. The zero-order chi connectivity index (χ0) is 17.9. The Morgan fingerprint density at radius 3 is 2.81 bits per heavy atom. The molecule has 0 radical (unpaired) electrons. The van der Waals surface area contributed by atoms with Gasteiger partial charge < -0.3 is 16.8 Å². The first-order valence-electron chi connectivity index (χ1n) is 9.91. The summed E-state index contributed by atoms with van der Waals surface area (Å²) in [4.78, 5) is 5.13. The molecule has 2 aromatic rings. The molecular weight excluding hydrogens is 392 g/mol. The highest BCUT2D eigenvalue weighted by Crippen LogP contribution is 2.54. The van der Waals surface area contributed by atoms with Crippen molar-refractivity contribution in [3.63, 3.8) is 0 Å². The van der Waals surface area contributed by atoms with E-state index >= 15 is 0 Å². The Hall–Kier alpha value is -1.18. The molecule has 3 atom stereocenters. The van der Waals surface area contributed by atoms with Gasteiger partial charge in [0.15, 0.2) is 5.65 Å². The molecule has 1 spiro atoms. The third-order valence-electron chi connectivity index (χ3n) is 7.00. The van der Waals surface area contributed by atoms with Crippen LogP contribution in [-0.4, -0.2) is 33.2 Å². The standard InChI is InChI=1S/C19H27BrN6/c20-15-10-23-26-17(24-13-4-3-12(22)8-13)14-7-11(9-21)19(5-1-2-6-19)16(14)25-18(15)26/h10-13,24H,1-9,21-22H2/t11?,12-,13-/m0/s1. The van der Waals surface area contributed by atoms with Gasteiger partial charge in [0.05, 0.1) is 16.4 Å². The lowest BCUT2D eigenvalue weighted by molar-refractivity contribution is 0.300. The van der Waals surface area contributed by atoms with Crippen LogP contribution in [0.15, 0.2) is 10.7 Å². The zero-order valence-corrected chi connectivity index (χ0v) is 16.6. The molecule has 2 fully saturated rings. The third-order valence-corrected chi connectivity index (χ3v) is 7.56. The van der Waals surface area contributed by atoms with Crippen molar-refractivity contribution in [3.05, 3.63) is 21.9 Å². The molecule has 0 aromatic carbocycles. The number of aromatic nitrogens is 3. The highest BCUT2D eigenvalue weighted by molar-refractivity contribution is 9.10. The minimum atomic E-state index is 0.165. The Morgan fingerprint density at radius 2 is 2.12 bits per heavy atom. The van der Waals surface area contributed by atoms with E-state index < -0.39 is 0 Å². The van der Waals surface area contributed by atoms with Gasteiger partial charge in [-0.2, -0.15) is 9.61 Å². The molecule has 1 unspecified atom stereocenters. The van der Waals surface area contributed by atoms with Crippen LogP contribution in [0.4, 0.5) is 5.82 Å². The number of anilines is 1. The number of nitrogens with two attached hydrogens (primary N) is 2. The van der Waals surface area contributed by atoms with Crippen LogP contribution in [0.3, 0.4) is 0 Å². The first kappa shape index (κ1) is 17.0. The maximum Gasteiger partial charge on any atom is 0.171 e. The van der Waals surface area contributed by atoms with Crippen LogP contribution in [-0.2, 0) is 11.8 Å². The molecule has 7 heteroatoms. The first-order chi connectivity index (χ1) is 12.6. The normalized spacial score (nSPS) is 29.7. The second-order valence-electron chi connectivity index (χ2n) is 8.43. The number of rotatable bonds is 3. The summed E-state index contributed by atoms with van der Waals surface area (Å²) in [6.07, 6.45) is 11.1. The van der Waals surface area contributed by atoms with Crippen LogP contribution in [0.25, 0.3) is 5.65 Å². The average molecular weight is 419 g/mol. The second-order valence-corrected chi connectivity index (χ2v) is 9.28. The molecule has 0 bridgehead atoms. The Morgan fingerprint density at radius 1 is 1.31 bits per heavy atom. The van der Waals surface area contributed by atoms with Gasteiger partial charge in [-0.15, -0.1) is 0 Å². The minimum Gasteiger partial charge on any atom is -0.367 e. The van der Waals surface area contributed by atoms with E-state index in [1.54, 1.807) is 0 Å². The molecule has 0 saturated heterocycles. The van der Waals surface area contributed by atoms with E-state index in [4.69, 9.17) is 16.5 Å². The Balaban J connectivity index is 1.67. The van der Waals surface area contributed by atoms with Gasteiger partial charge in [0, 0.05) is 23.1 Å². The molecule has 26 heavy (non-hydrogen) atoms. The molecule has 3 aliphatic rings. The number of fused-ring (bicyclic) bond motifs is 3. The summed E-state index contributed by atoms with van der Waals surface area (Å²) in [6.45, 7) is 0.730. The number of halogens is 1. The Bertz CT molecular complexity index is 840. The van der Waals surface area contributed by atoms with Crippen LogP contribution < -0.4 is 16.8 Å². The summed E-state index contributed by atoms with van der Waals surface area (Å²) in [5, 5.41) is 8.40. The van der Waals surface area contributed by atoms with Gasteiger partial charge in [-0.25, -0.2) is 4.98 Å². The van der Waals surface area contributed by atoms with E-state index in [0.717, 1.165) is 48.2 Å². The van der Waals surface area contributed by atoms with E-state index in [0.29, 0.717) is 18.0 Å². The largest absolute Gasteiger partial charge is 0.367 e. The molecule has 3 aliphatic carbocycles. The van der Waals surface area contributed by atoms with Crippen LogP contribution >= 0.6 is 15.9 Å². The fourth-order valence-electron chi connectivity index (χ4n) is 5.69. The van der Waals surface area contributed by atoms with E-state index in [2.05, 4.69) is 26.3 Å². The topological polar surface area (TPSA) is 94.3 Å². The van der Waals surface area contributed by atoms with Crippen LogP contribution in [0, 0.1) is 5.92 Å². The summed E-state index contributed by atoms with van der Waals surface area (Å²) in [7, 11) is 0. The average Bonchev–Trinajstić information content (AvgIpc) is 3.39. The fourth-order valence-corrected chi connectivity index (χ4v) is 6.04. The van der Waals surface area contributed by atoms with Crippen molar-refractivity contribution >= 4 is 27.4 Å². The van der Waals surface area contributed by atoms with Crippen molar-refractivity contribution in [2.45, 2.75) is 68.9 Å². The van der Waals surface area contributed by atoms with E-state index in [9.17, 15) is 0 Å². The summed E-state index contributed by atoms with van der Waals surface area (Å²) in [5.41, 5.74) is 16.1. The molecular formula is C19H27BrN6. The van der Waals surface area contributed by atoms with Crippen molar-refractivity contribution in [3.8, 4) is 0 Å². The van der Waals surface area contributed by atoms with Gasteiger partial charge >= 0.3 is 0 Å². The lowest BCUT2D eigenvalue weighted by Crippen LogP contribution is -2.34. The SMILES string of the molecule is NCC1Cc2c(nc3c(Br)cnn3c2N[C@H]2CC[C@H](N)C2)C12CCCC2. The van der Waals surface area contributed by atoms with Crippen molar-refractivity contribution in [2.75, 3.05) is 11.9 Å². The van der Waals surface area contributed by atoms with Gasteiger partial charge in [0.1, 0.15) is 5.82 Å². The molecule has 5 rings (SSSR count). The maximum atomic E-state index is 6.23. The van der Waals surface area contributed by atoms with Gasteiger partial charge in [0.25, 0.3) is 0 Å². The molecule has 140 valence electrons. The number of nitrogens with zero attached hydrogens (tertiary/aromatic N) is 3. The predicted molar refractivity (Wildman–Crippen MR) is 106 cm³/mol. The summed E-state index contributed by atoms with van der Waals surface area (Å²) >= 11 is 3.64. The van der Waals surface area contributed by atoms with Crippen LogP contribution in [0.1, 0.15) is 56.2 Å². The quantitative estimate of drug-likeness (QED) is 0.711. The highest BCUT2D eigenvalue weighted by Gasteiger charge is 2.50. The van der Waals surface area contributed by atoms with E-state index in [1.165, 1.54) is 36.9 Å². The van der Waals surface area contributed by atoms with E-state index in [-0.39, 0.29) is 5.41 Å². The van der Waals surface area contributed by atoms with Gasteiger partial charge in [0.2, 0.25) is 0 Å². The zero-order valence-electron chi connectivity index (χ0n) is 15.0. The summed E-state index contributed by atoms with van der Waals surface area (Å²) in [5.74, 6) is 1.61. The highest BCUT2D eigenvalue weighted by atomic mass is 79.9. The van der Waals surface area contributed by atoms with Crippen molar-refractivity contribution in [1.82, 2.24) is 14.6 Å². The fraction of sp³-hybridized carbons (Fsp3) is 0.684.